The molecule has 3 amide bonds. The number of anilines is 4. The Labute approximate surface area is 346 Å². The number of benzene rings is 2. The van der Waals surface area contributed by atoms with Crippen molar-refractivity contribution in [2.45, 2.75) is 51.5 Å². The number of piperazine rings is 1. The van der Waals surface area contributed by atoms with Crippen molar-refractivity contribution in [2.24, 2.45) is 13.0 Å². The molecule has 8 rings (SSSR count). The maximum atomic E-state index is 13.2. The van der Waals surface area contributed by atoms with Crippen LogP contribution in [-0.2, 0) is 21.4 Å². The number of pyridine rings is 1. The summed E-state index contributed by atoms with van der Waals surface area (Å²) in [7, 11) is 3.45. The monoisotopic (exact) mass is 823 g/mol. The van der Waals surface area contributed by atoms with Crippen molar-refractivity contribution in [1.82, 2.24) is 39.8 Å². The predicted molar refractivity (Wildman–Crippen MR) is 228 cm³/mol. The molecule has 5 aromatic rings. The Morgan fingerprint density at radius 3 is 2.51 bits per heavy atom. The highest BCUT2D eigenvalue weighted by Gasteiger charge is 2.33. The zero-order valence-electron chi connectivity index (χ0n) is 33.8. The quantitative estimate of drug-likeness (QED) is 0.161. The summed E-state index contributed by atoms with van der Waals surface area (Å²) < 4.78 is 9.16. The van der Waals surface area contributed by atoms with E-state index < -0.39 is 5.92 Å². The first-order valence-electron chi connectivity index (χ1n) is 20.3. The molecule has 310 valence electrons. The van der Waals surface area contributed by atoms with Gasteiger partial charge >= 0.3 is 0 Å². The van der Waals surface area contributed by atoms with Gasteiger partial charge < -0.3 is 29.7 Å². The molecule has 0 spiro atoms. The number of aromatic nitrogens is 5. The van der Waals surface area contributed by atoms with Crippen molar-refractivity contribution in [3.05, 3.63) is 69.7 Å². The van der Waals surface area contributed by atoms with Crippen molar-refractivity contribution in [2.75, 3.05) is 74.6 Å². The Morgan fingerprint density at radius 1 is 1.00 bits per heavy atom. The fourth-order valence-corrected chi connectivity index (χ4v) is 8.77. The third kappa shape index (κ3) is 8.28. The number of para-hydroxylation sites is 1. The zero-order chi connectivity index (χ0) is 41.4. The minimum absolute atomic E-state index is 0.0981. The Morgan fingerprint density at radius 2 is 1.78 bits per heavy atom. The Balaban J connectivity index is 0.878. The Hall–Kier alpha value is -5.74. The summed E-state index contributed by atoms with van der Waals surface area (Å²) >= 11 is 6.61. The van der Waals surface area contributed by atoms with Crippen LogP contribution in [0.4, 0.5) is 23.1 Å². The lowest BCUT2D eigenvalue weighted by Crippen LogP contribution is -2.49. The van der Waals surface area contributed by atoms with Crippen LogP contribution in [0.15, 0.2) is 53.5 Å². The molecule has 3 N–H and O–H groups in total. The predicted octanol–water partition coefficient (Wildman–Crippen LogP) is 4.34. The highest BCUT2D eigenvalue weighted by Crippen LogP contribution is 2.36. The highest BCUT2D eigenvalue weighted by atomic mass is 35.5. The van der Waals surface area contributed by atoms with Gasteiger partial charge in [-0.3, -0.25) is 34.1 Å². The van der Waals surface area contributed by atoms with E-state index in [4.69, 9.17) is 26.4 Å². The molecule has 2 aromatic carbocycles. The number of nitrogens with one attached hydrogen (secondary N) is 3. The molecule has 59 heavy (non-hydrogen) atoms. The van der Waals surface area contributed by atoms with Gasteiger partial charge in [-0.25, -0.2) is 4.98 Å². The van der Waals surface area contributed by atoms with Gasteiger partial charge in [0.2, 0.25) is 17.8 Å². The Bertz CT molecular complexity index is 2470. The number of halogens is 1. The van der Waals surface area contributed by atoms with Crippen LogP contribution in [0.3, 0.4) is 0 Å². The summed E-state index contributed by atoms with van der Waals surface area (Å²) in [5.74, 6) is 0.527. The SMILES string of the molecule is CNC(=O)COc1cc2cc(Nc3nc(N4CCN(CC5CCN(c6cccc7c(C8CCC(=O)NC8=O)nn(C)c67)CC5)CC4)ncc3Cl)ccc2n(C(C)C)c1=O. The van der Waals surface area contributed by atoms with Crippen molar-refractivity contribution >= 4 is 74.3 Å². The number of nitrogens with zero attached hydrogens (tertiary/aromatic N) is 8. The van der Waals surface area contributed by atoms with E-state index in [2.05, 4.69) is 41.7 Å². The highest BCUT2D eigenvalue weighted by molar-refractivity contribution is 6.33. The normalized spacial score (nSPS) is 18.2. The number of hydrogen-bond acceptors (Lipinski definition) is 12. The standard InChI is InChI=1S/C42H50ClN11O5/c1-25(2)54-32-10-8-28(20-27(32)21-34(41(54)58)59-24-36(56)44-3)46-39-31(43)22-45-42(48-39)53-18-16-51(17-19-53)23-26-12-14-52(15-13-26)33-7-5-6-29-37(49-50(4)38(29)33)30-9-11-35(55)47-40(30)57/h5-8,10,20-22,25-26,30H,9,11-19,23-24H2,1-4H3,(H,44,56)(H,45,46,48)(H,47,55,57). The molecule has 3 saturated heterocycles. The molecule has 1 atom stereocenters. The third-order valence-corrected chi connectivity index (χ3v) is 12.0. The summed E-state index contributed by atoms with van der Waals surface area (Å²) in [6.07, 6.45) is 4.59. The number of likely N-dealkylation sites (N-methyl/N-ethyl adjacent to an activating group) is 1. The van der Waals surface area contributed by atoms with Crippen LogP contribution in [-0.4, -0.2) is 106 Å². The molecule has 0 saturated carbocycles. The number of piperidine rings is 2. The van der Waals surface area contributed by atoms with Crippen molar-refractivity contribution < 1.29 is 19.1 Å². The average Bonchev–Trinajstić information content (AvgIpc) is 3.57. The lowest BCUT2D eigenvalue weighted by molar-refractivity contribution is -0.134. The van der Waals surface area contributed by atoms with Gasteiger partial charge in [0.1, 0.15) is 5.02 Å². The first kappa shape index (κ1) is 40.1. The summed E-state index contributed by atoms with van der Waals surface area (Å²) in [6.45, 7) is 9.90. The number of fused-ring (bicyclic) bond motifs is 2. The number of carbonyl (C=O) groups excluding carboxylic acids is 3. The summed E-state index contributed by atoms with van der Waals surface area (Å²) in [4.78, 5) is 66.1. The summed E-state index contributed by atoms with van der Waals surface area (Å²) in [5.41, 5.74) is 4.07. The van der Waals surface area contributed by atoms with E-state index in [9.17, 15) is 19.2 Å². The molecular formula is C42H50ClN11O5. The molecule has 3 aromatic heterocycles. The number of ether oxygens (including phenoxy) is 1. The second-order valence-corrected chi connectivity index (χ2v) is 16.3. The first-order valence-corrected chi connectivity index (χ1v) is 20.7. The third-order valence-electron chi connectivity index (χ3n) is 11.7. The number of carbonyl (C=O) groups is 3. The number of rotatable bonds is 11. The number of hydrogen-bond donors (Lipinski definition) is 3. The van der Waals surface area contributed by atoms with Crippen LogP contribution < -0.4 is 36.0 Å². The smallest absolute Gasteiger partial charge is 0.293 e. The van der Waals surface area contributed by atoms with E-state index in [-0.39, 0.29) is 41.7 Å². The molecular weight excluding hydrogens is 774 g/mol. The van der Waals surface area contributed by atoms with Gasteiger partial charge in [0.25, 0.3) is 11.5 Å². The van der Waals surface area contributed by atoms with Crippen LogP contribution in [0.5, 0.6) is 5.75 Å². The number of aryl methyl sites for hydroxylation is 1. The lowest BCUT2D eigenvalue weighted by Gasteiger charge is -2.39. The van der Waals surface area contributed by atoms with Gasteiger partial charge in [0, 0.05) is 88.8 Å². The molecule has 0 bridgehead atoms. The lowest BCUT2D eigenvalue weighted by atomic mass is 9.92. The van der Waals surface area contributed by atoms with E-state index in [0.717, 1.165) is 97.5 Å². The largest absolute Gasteiger partial charge is 0.478 e. The molecule has 0 radical (unpaired) electrons. The maximum Gasteiger partial charge on any atom is 0.293 e. The van der Waals surface area contributed by atoms with E-state index in [1.54, 1.807) is 16.8 Å². The van der Waals surface area contributed by atoms with E-state index >= 15 is 0 Å². The molecule has 1 unspecified atom stereocenters. The molecule has 3 fully saturated rings. The molecule has 17 heteroatoms. The molecule has 3 aliphatic rings. The molecule has 3 aliphatic heterocycles. The second kappa shape index (κ2) is 16.9. The van der Waals surface area contributed by atoms with Gasteiger partial charge in [-0.2, -0.15) is 10.1 Å². The van der Waals surface area contributed by atoms with Crippen molar-refractivity contribution in [3.8, 4) is 5.75 Å². The minimum atomic E-state index is -0.425. The fraction of sp³-hybridized carbons (Fsp3) is 0.452. The fourth-order valence-electron chi connectivity index (χ4n) is 8.63. The summed E-state index contributed by atoms with van der Waals surface area (Å²) in [6, 6.07) is 13.4. The maximum absolute atomic E-state index is 13.2. The topological polar surface area (TPSA) is 172 Å². The van der Waals surface area contributed by atoms with Gasteiger partial charge in [-0.15, -0.1) is 0 Å². The second-order valence-electron chi connectivity index (χ2n) is 15.9. The summed E-state index contributed by atoms with van der Waals surface area (Å²) in [5, 5.41) is 15.2. The zero-order valence-corrected chi connectivity index (χ0v) is 34.6. The first-order chi connectivity index (χ1) is 28.5. The minimum Gasteiger partial charge on any atom is -0.478 e. The van der Waals surface area contributed by atoms with Crippen molar-refractivity contribution in [1.29, 1.82) is 0 Å². The van der Waals surface area contributed by atoms with Crippen molar-refractivity contribution in [3.63, 3.8) is 0 Å². The van der Waals surface area contributed by atoms with E-state index in [1.807, 2.05) is 55.9 Å². The molecule has 0 aliphatic carbocycles. The van der Waals surface area contributed by atoms with E-state index in [1.165, 1.54) is 7.05 Å². The van der Waals surface area contributed by atoms with E-state index in [0.29, 0.717) is 35.5 Å². The number of amides is 3. The molecule has 6 heterocycles. The van der Waals surface area contributed by atoms with Crippen LogP contribution in [0.1, 0.15) is 57.2 Å². The van der Waals surface area contributed by atoms with Crippen LogP contribution >= 0.6 is 11.6 Å². The molecule has 16 nitrogen and oxygen atoms in total. The van der Waals surface area contributed by atoms with Gasteiger partial charge in [-0.1, -0.05) is 23.7 Å². The average molecular weight is 824 g/mol. The van der Waals surface area contributed by atoms with Crippen LogP contribution in [0.2, 0.25) is 5.02 Å². The van der Waals surface area contributed by atoms with Gasteiger partial charge in [0.15, 0.2) is 18.2 Å². The number of imide groups is 1. The Kier molecular flexibility index (Phi) is 11.4. The van der Waals surface area contributed by atoms with Crippen LogP contribution in [0.25, 0.3) is 21.8 Å². The van der Waals surface area contributed by atoms with Gasteiger partial charge in [-0.05, 0) is 69.4 Å². The van der Waals surface area contributed by atoms with Crippen LogP contribution in [0, 0.1) is 5.92 Å². The van der Waals surface area contributed by atoms with Gasteiger partial charge in [0.05, 0.1) is 34.5 Å².